The van der Waals surface area contributed by atoms with Gasteiger partial charge < -0.3 is 0 Å². The standard InChI is InChI=1S/C14H12Cl2N4/c1-3-10-17-14-18-12(15)11(13(16)20(14)19-10)9-7-5-4-6-8(9)2/h4-7H,3H2,1-2H3. The number of rotatable bonds is 2. The topological polar surface area (TPSA) is 43.1 Å². The van der Waals surface area contributed by atoms with E-state index in [1.54, 1.807) is 0 Å². The molecule has 0 aliphatic heterocycles. The van der Waals surface area contributed by atoms with E-state index < -0.39 is 0 Å². The second kappa shape index (κ2) is 5.04. The van der Waals surface area contributed by atoms with Gasteiger partial charge in [0.05, 0.1) is 5.56 Å². The average Bonchev–Trinajstić information content (AvgIpc) is 2.84. The van der Waals surface area contributed by atoms with Crippen LogP contribution in [-0.4, -0.2) is 19.6 Å². The lowest BCUT2D eigenvalue weighted by Crippen LogP contribution is -1.98. The molecule has 0 unspecified atom stereocenters. The van der Waals surface area contributed by atoms with Crippen LogP contribution in [0.1, 0.15) is 18.3 Å². The molecule has 102 valence electrons. The third-order valence-corrected chi connectivity index (χ3v) is 3.78. The summed E-state index contributed by atoms with van der Waals surface area (Å²) in [5.41, 5.74) is 2.71. The highest BCUT2D eigenvalue weighted by atomic mass is 35.5. The molecule has 3 aromatic rings. The first-order chi connectivity index (χ1) is 9.61. The van der Waals surface area contributed by atoms with Crippen molar-refractivity contribution in [3.63, 3.8) is 0 Å². The summed E-state index contributed by atoms with van der Waals surface area (Å²) in [6, 6.07) is 7.88. The molecular weight excluding hydrogens is 295 g/mol. The van der Waals surface area contributed by atoms with Gasteiger partial charge in [-0.05, 0) is 18.1 Å². The number of aryl methyl sites for hydroxylation is 2. The largest absolute Gasteiger partial charge is 0.255 e. The van der Waals surface area contributed by atoms with Gasteiger partial charge in [0, 0.05) is 6.42 Å². The van der Waals surface area contributed by atoms with Gasteiger partial charge in [-0.2, -0.15) is 14.5 Å². The fourth-order valence-corrected chi connectivity index (χ4v) is 2.73. The van der Waals surface area contributed by atoms with Gasteiger partial charge in [0.1, 0.15) is 10.3 Å². The van der Waals surface area contributed by atoms with E-state index in [0.29, 0.717) is 27.5 Å². The monoisotopic (exact) mass is 306 g/mol. The number of benzene rings is 1. The van der Waals surface area contributed by atoms with Crippen molar-refractivity contribution in [3.8, 4) is 11.1 Å². The molecule has 0 bridgehead atoms. The number of fused-ring (bicyclic) bond motifs is 1. The Morgan fingerprint density at radius 3 is 2.60 bits per heavy atom. The predicted octanol–water partition coefficient (Wildman–Crippen LogP) is 3.97. The van der Waals surface area contributed by atoms with Crippen LogP contribution in [0.25, 0.3) is 16.9 Å². The van der Waals surface area contributed by atoms with Crippen molar-refractivity contribution in [2.75, 3.05) is 0 Å². The lowest BCUT2D eigenvalue weighted by atomic mass is 10.0. The molecule has 4 nitrogen and oxygen atoms in total. The maximum absolute atomic E-state index is 6.46. The molecule has 0 atom stereocenters. The quantitative estimate of drug-likeness (QED) is 0.673. The van der Waals surface area contributed by atoms with Crippen LogP contribution >= 0.6 is 23.2 Å². The summed E-state index contributed by atoms with van der Waals surface area (Å²) in [6.45, 7) is 3.98. The van der Waals surface area contributed by atoms with Crippen molar-refractivity contribution in [3.05, 3.63) is 46.0 Å². The zero-order valence-corrected chi connectivity index (χ0v) is 12.6. The van der Waals surface area contributed by atoms with Crippen molar-refractivity contribution in [2.24, 2.45) is 0 Å². The molecule has 0 radical (unpaired) electrons. The van der Waals surface area contributed by atoms with Gasteiger partial charge in [-0.25, -0.2) is 0 Å². The third-order valence-electron chi connectivity index (χ3n) is 3.16. The Labute approximate surface area is 126 Å². The maximum atomic E-state index is 6.46. The minimum Gasteiger partial charge on any atom is -0.198 e. The molecule has 0 spiro atoms. The highest BCUT2D eigenvalue weighted by Crippen LogP contribution is 2.35. The summed E-state index contributed by atoms with van der Waals surface area (Å²) in [4.78, 5) is 8.57. The fourth-order valence-electron chi connectivity index (χ4n) is 2.11. The van der Waals surface area contributed by atoms with Crippen LogP contribution in [-0.2, 0) is 6.42 Å². The third kappa shape index (κ3) is 2.05. The number of halogens is 2. The van der Waals surface area contributed by atoms with E-state index in [1.807, 2.05) is 38.1 Å². The molecule has 0 saturated heterocycles. The number of aromatic nitrogens is 4. The molecule has 20 heavy (non-hydrogen) atoms. The first kappa shape index (κ1) is 13.3. The predicted molar refractivity (Wildman–Crippen MR) is 80.4 cm³/mol. The van der Waals surface area contributed by atoms with Crippen molar-refractivity contribution in [1.29, 1.82) is 0 Å². The second-order valence-electron chi connectivity index (χ2n) is 4.48. The van der Waals surface area contributed by atoms with Crippen molar-refractivity contribution < 1.29 is 0 Å². The van der Waals surface area contributed by atoms with Crippen LogP contribution < -0.4 is 0 Å². The molecule has 2 heterocycles. The van der Waals surface area contributed by atoms with E-state index in [0.717, 1.165) is 17.5 Å². The van der Waals surface area contributed by atoms with Gasteiger partial charge in [0.15, 0.2) is 5.82 Å². The maximum Gasteiger partial charge on any atom is 0.255 e. The van der Waals surface area contributed by atoms with Crippen LogP contribution in [0.15, 0.2) is 24.3 Å². The Hall–Kier alpha value is -1.65. The van der Waals surface area contributed by atoms with Gasteiger partial charge in [0.25, 0.3) is 5.78 Å². The average molecular weight is 307 g/mol. The molecule has 0 amide bonds. The summed E-state index contributed by atoms with van der Waals surface area (Å²) in [5.74, 6) is 1.12. The molecule has 0 fully saturated rings. The highest BCUT2D eigenvalue weighted by Gasteiger charge is 2.18. The van der Waals surface area contributed by atoms with Gasteiger partial charge in [-0.1, -0.05) is 54.4 Å². The van der Waals surface area contributed by atoms with E-state index in [2.05, 4.69) is 15.1 Å². The molecule has 6 heteroatoms. The van der Waals surface area contributed by atoms with Crippen LogP contribution in [0, 0.1) is 6.92 Å². The minimum atomic E-state index is 0.340. The van der Waals surface area contributed by atoms with Crippen LogP contribution in [0.2, 0.25) is 10.3 Å². The lowest BCUT2D eigenvalue weighted by Gasteiger charge is -2.10. The molecule has 0 aliphatic carbocycles. The molecule has 0 N–H and O–H groups in total. The Kier molecular flexibility index (Phi) is 3.36. The van der Waals surface area contributed by atoms with E-state index in [1.165, 1.54) is 4.52 Å². The fraction of sp³-hybridized carbons (Fsp3) is 0.214. The van der Waals surface area contributed by atoms with Gasteiger partial charge in [-0.3, -0.25) is 0 Å². The molecule has 1 aromatic carbocycles. The molecule has 0 aliphatic rings. The number of hydrogen-bond acceptors (Lipinski definition) is 3. The zero-order chi connectivity index (χ0) is 14.3. The van der Waals surface area contributed by atoms with Crippen LogP contribution in [0.3, 0.4) is 0 Å². The highest BCUT2D eigenvalue weighted by molar-refractivity contribution is 6.38. The first-order valence-electron chi connectivity index (χ1n) is 6.28. The summed E-state index contributed by atoms with van der Waals surface area (Å²) >= 11 is 12.8. The smallest absolute Gasteiger partial charge is 0.198 e. The van der Waals surface area contributed by atoms with Crippen molar-refractivity contribution in [1.82, 2.24) is 19.6 Å². The van der Waals surface area contributed by atoms with Gasteiger partial charge in [-0.15, -0.1) is 5.10 Å². The van der Waals surface area contributed by atoms with Gasteiger partial charge >= 0.3 is 0 Å². The molecule has 2 aromatic heterocycles. The van der Waals surface area contributed by atoms with Crippen LogP contribution in [0.4, 0.5) is 0 Å². The normalized spacial score (nSPS) is 11.2. The van der Waals surface area contributed by atoms with Crippen molar-refractivity contribution >= 4 is 29.0 Å². The summed E-state index contributed by atoms with van der Waals surface area (Å²) in [7, 11) is 0. The first-order valence-corrected chi connectivity index (χ1v) is 7.04. The second-order valence-corrected chi connectivity index (χ2v) is 5.19. The zero-order valence-electron chi connectivity index (χ0n) is 11.1. The molecular formula is C14H12Cl2N4. The molecule has 0 saturated carbocycles. The van der Waals surface area contributed by atoms with Gasteiger partial charge in [0.2, 0.25) is 0 Å². The summed E-state index contributed by atoms with van der Waals surface area (Å²) in [6.07, 6.45) is 0.719. The minimum absolute atomic E-state index is 0.340. The summed E-state index contributed by atoms with van der Waals surface area (Å²) < 4.78 is 1.54. The Balaban J connectivity index is 2.34. The SMILES string of the molecule is CCc1nc2nc(Cl)c(-c3ccccc3C)c(Cl)n2n1. The Bertz CT molecular complexity index is 795. The lowest BCUT2D eigenvalue weighted by molar-refractivity contribution is 0.881. The Morgan fingerprint density at radius 2 is 1.90 bits per heavy atom. The summed E-state index contributed by atoms with van der Waals surface area (Å²) in [5, 5.41) is 5.11. The molecule has 3 rings (SSSR count). The van der Waals surface area contributed by atoms with E-state index in [4.69, 9.17) is 23.2 Å². The van der Waals surface area contributed by atoms with E-state index >= 15 is 0 Å². The van der Waals surface area contributed by atoms with Crippen molar-refractivity contribution in [2.45, 2.75) is 20.3 Å². The number of hydrogen-bond donors (Lipinski definition) is 0. The Morgan fingerprint density at radius 1 is 1.15 bits per heavy atom. The van der Waals surface area contributed by atoms with Crippen LogP contribution in [0.5, 0.6) is 0 Å². The van der Waals surface area contributed by atoms with E-state index in [9.17, 15) is 0 Å². The number of nitrogens with zero attached hydrogens (tertiary/aromatic N) is 4. The van der Waals surface area contributed by atoms with E-state index in [-0.39, 0.29) is 0 Å².